The van der Waals surface area contributed by atoms with Gasteiger partial charge in [0.05, 0.1) is 22.5 Å². The first-order chi connectivity index (χ1) is 10.3. The Kier molecular flexibility index (Phi) is 2.50. The maximum absolute atomic E-state index is 12.4. The van der Waals surface area contributed by atoms with E-state index in [9.17, 15) is 4.79 Å². The van der Waals surface area contributed by atoms with E-state index < -0.39 is 0 Å². The Morgan fingerprint density at radius 1 is 0.952 bits per heavy atom. The molecule has 5 nitrogen and oxygen atoms in total. The maximum Gasteiger partial charge on any atom is 0.280 e. The number of hydrogen-bond donors (Lipinski definition) is 2. The molecule has 3 heterocycles. The van der Waals surface area contributed by atoms with E-state index >= 15 is 0 Å². The van der Waals surface area contributed by atoms with Gasteiger partial charge in [0.25, 0.3) is 5.56 Å². The van der Waals surface area contributed by atoms with Gasteiger partial charge in [-0.05, 0) is 36.4 Å². The minimum Gasteiger partial charge on any atom is -0.360 e. The zero-order valence-corrected chi connectivity index (χ0v) is 11.1. The van der Waals surface area contributed by atoms with Gasteiger partial charge in [0.2, 0.25) is 0 Å². The van der Waals surface area contributed by atoms with Crippen molar-refractivity contribution in [2.24, 2.45) is 0 Å². The van der Waals surface area contributed by atoms with Gasteiger partial charge in [0, 0.05) is 6.20 Å². The molecule has 3 aromatic heterocycles. The average molecular weight is 276 g/mol. The topological polar surface area (TPSA) is 66.5 Å². The number of aromatic nitrogens is 4. The second kappa shape index (κ2) is 4.49. The van der Waals surface area contributed by atoms with E-state index in [1.807, 2.05) is 54.7 Å². The van der Waals surface area contributed by atoms with Crippen LogP contribution in [-0.4, -0.2) is 19.7 Å². The van der Waals surface area contributed by atoms with E-state index in [1.54, 1.807) is 6.07 Å². The van der Waals surface area contributed by atoms with Crippen LogP contribution < -0.4 is 5.56 Å². The molecule has 4 rings (SSSR count). The third-order valence-corrected chi connectivity index (χ3v) is 3.43. The van der Waals surface area contributed by atoms with E-state index in [0.717, 1.165) is 17.1 Å². The van der Waals surface area contributed by atoms with Gasteiger partial charge in [0.15, 0.2) is 5.65 Å². The number of benzene rings is 1. The van der Waals surface area contributed by atoms with Gasteiger partial charge in [-0.2, -0.15) is 0 Å². The first-order valence-electron chi connectivity index (χ1n) is 6.64. The van der Waals surface area contributed by atoms with Gasteiger partial charge in [-0.3, -0.25) is 9.89 Å². The van der Waals surface area contributed by atoms with Gasteiger partial charge in [-0.1, -0.05) is 18.2 Å². The maximum atomic E-state index is 12.4. The second-order valence-corrected chi connectivity index (χ2v) is 4.76. The molecule has 0 radical (unpaired) electrons. The van der Waals surface area contributed by atoms with Crippen LogP contribution in [0.2, 0.25) is 0 Å². The van der Waals surface area contributed by atoms with E-state index in [1.165, 1.54) is 4.68 Å². The van der Waals surface area contributed by atoms with Crippen molar-refractivity contribution in [3.63, 3.8) is 0 Å². The Labute approximate surface area is 119 Å². The van der Waals surface area contributed by atoms with Crippen molar-refractivity contribution >= 4 is 11.0 Å². The van der Waals surface area contributed by atoms with E-state index in [-0.39, 0.29) is 5.56 Å². The number of pyridine rings is 1. The zero-order chi connectivity index (χ0) is 14.2. The summed E-state index contributed by atoms with van der Waals surface area (Å²) in [5.74, 6) is 0. The third kappa shape index (κ3) is 1.87. The summed E-state index contributed by atoms with van der Waals surface area (Å²) in [4.78, 5) is 20.0. The minimum absolute atomic E-state index is 0.0956. The number of nitrogens with zero attached hydrogens (tertiary/aromatic N) is 2. The molecule has 0 amide bonds. The minimum atomic E-state index is -0.0956. The molecule has 2 N–H and O–H groups in total. The van der Waals surface area contributed by atoms with E-state index in [0.29, 0.717) is 11.0 Å². The van der Waals surface area contributed by atoms with Gasteiger partial charge >= 0.3 is 0 Å². The molecule has 0 unspecified atom stereocenters. The predicted molar refractivity (Wildman–Crippen MR) is 81.5 cm³/mol. The number of H-pyrrole nitrogens is 2. The molecule has 21 heavy (non-hydrogen) atoms. The number of hydrogen-bond acceptors (Lipinski definition) is 2. The average Bonchev–Trinajstić information content (AvgIpc) is 3.16. The molecule has 0 aliphatic rings. The van der Waals surface area contributed by atoms with Gasteiger partial charge < -0.3 is 4.98 Å². The van der Waals surface area contributed by atoms with Crippen LogP contribution in [-0.2, 0) is 0 Å². The fourth-order valence-electron chi connectivity index (χ4n) is 2.39. The molecule has 5 heteroatoms. The number of aromatic amines is 2. The van der Waals surface area contributed by atoms with Crippen LogP contribution in [0.4, 0.5) is 0 Å². The predicted octanol–water partition coefficient (Wildman–Crippen LogP) is 2.71. The highest BCUT2D eigenvalue weighted by molar-refractivity contribution is 5.77. The molecule has 0 atom stereocenters. The van der Waals surface area contributed by atoms with Crippen molar-refractivity contribution in [3.8, 4) is 17.1 Å². The summed E-state index contributed by atoms with van der Waals surface area (Å²) in [6.07, 6.45) is 1.85. The molecule has 0 saturated heterocycles. The van der Waals surface area contributed by atoms with E-state index in [2.05, 4.69) is 15.1 Å². The Morgan fingerprint density at radius 2 is 1.81 bits per heavy atom. The van der Waals surface area contributed by atoms with Gasteiger partial charge in [0.1, 0.15) is 0 Å². The molecule has 0 saturated carbocycles. The smallest absolute Gasteiger partial charge is 0.280 e. The lowest BCUT2D eigenvalue weighted by molar-refractivity contribution is 0.858. The number of fused-ring (bicyclic) bond motifs is 1. The molecule has 0 bridgehead atoms. The molecule has 0 fully saturated rings. The lowest BCUT2D eigenvalue weighted by atomic mass is 10.2. The summed E-state index contributed by atoms with van der Waals surface area (Å²) in [6, 6.07) is 17.0. The first-order valence-corrected chi connectivity index (χ1v) is 6.64. The second-order valence-electron chi connectivity index (χ2n) is 4.76. The molecular formula is C16H12N4O. The number of para-hydroxylation sites is 1. The van der Waals surface area contributed by atoms with Gasteiger partial charge in [-0.25, -0.2) is 9.67 Å². The lowest BCUT2D eigenvalue weighted by Gasteiger charge is -1.99. The summed E-state index contributed by atoms with van der Waals surface area (Å²) in [7, 11) is 0. The highest BCUT2D eigenvalue weighted by atomic mass is 16.1. The largest absolute Gasteiger partial charge is 0.360 e. The molecular weight excluding hydrogens is 264 g/mol. The number of nitrogens with one attached hydrogen (secondary N) is 2. The molecule has 1 aromatic carbocycles. The third-order valence-electron chi connectivity index (χ3n) is 3.43. The van der Waals surface area contributed by atoms with Crippen LogP contribution in [0.1, 0.15) is 0 Å². The van der Waals surface area contributed by atoms with Crippen molar-refractivity contribution < 1.29 is 0 Å². The lowest BCUT2D eigenvalue weighted by Crippen LogP contribution is -2.13. The summed E-state index contributed by atoms with van der Waals surface area (Å²) in [5, 5.41) is 3.64. The molecule has 0 spiro atoms. The summed E-state index contributed by atoms with van der Waals surface area (Å²) >= 11 is 0. The molecule has 0 aliphatic carbocycles. The van der Waals surface area contributed by atoms with Crippen molar-refractivity contribution in [2.45, 2.75) is 0 Å². The van der Waals surface area contributed by atoms with Crippen LogP contribution in [0.3, 0.4) is 0 Å². The van der Waals surface area contributed by atoms with Crippen LogP contribution in [0.25, 0.3) is 28.1 Å². The Bertz CT molecular complexity index is 949. The fraction of sp³-hybridized carbons (Fsp3) is 0. The molecule has 0 aliphatic heterocycles. The fourth-order valence-corrected chi connectivity index (χ4v) is 2.39. The van der Waals surface area contributed by atoms with Crippen molar-refractivity contribution in [1.29, 1.82) is 0 Å². The highest BCUT2D eigenvalue weighted by Gasteiger charge is 2.10. The number of rotatable bonds is 2. The van der Waals surface area contributed by atoms with E-state index in [4.69, 9.17) is 0 Å². The van der Waals surface area contributed by atoms with Crippen LogP contribution in [0.5, 0.6) is 0 Å². The SMILES string of the molecule is O=c1c2ccc(-c3ccc[nH]3)nc2[nH]n1-c1ccccc1. The molecule has 4 aromatic rings. The van der Waals surface area contributed by atoms with Crippen molar-refractivity contribution in [1.82, 2.24) is 19.7 Å². The standard InChI is InChI=1S/C16H12N4O/c21-16-12-8-9-14(13-7-4-10-17-13)18-15(12)19-20(16)11-5-2-1-3-6-11/h1-10,17H,(H,18,19). The van der Waals surface area contributed by atoms with Crippen LogP contribution in [0.15, 0.2) is 65.6 Å². The zero-order valence-electron chi connectivity index (χ0n) is 11.1. The quantitative estimate of drug-likeness (QED) is 0.591. The summed E-state index contributed by atoms with van der Waals surface area (Å²) in [6.45, 7) is 0. The Morgan fingerprint density at radius 3 is 2.57 bits per heavy atom. The summed E-state index contributed by atoms with van der Waals surface area (Å²) in [5.41, 5.74) is 3.00. The van der Waals surface area contributed by atoms with Crippen LogP contribution >= 0.6 is 0 Å². The molecule has 102 valence electrons. The first kappa shape index (κ1) is 11.7. The monoisotopic (exact) mass is 276 g/mol. The van der Waals surface area contributed by atoms with Gasteiger partial charge in [-0.15, -0.1) is 0 Å². The summed E-state index contributed by atoms with van der Waals surface area (Å²) < 4.78 is 1.51. The van der Waals surface area contributed by atoms with Crippen molar-refractivity contribution in [3.05, 3.63) is 71.1 Å². The van der Waals surface area contributed by atoms with Crippen molar-refractivity contribution in [2.75, 3.05) is 0 Å². The Balaban J connectivity index is 1.93. The van der Waals surface area contributed by atoms with Crippen LogP contribution in [0, 0.1) is 0 Å². The highest BCUT2D eigenvalue weighted by Crippen LogP contribution is 2.17. The normalized spacial score (nSPS) is 11.0. The Hall–Kier alpha value is -3.08.